The predicted molar refractivity (Wildman–Crippen MR) is 328 cm³/mol. The quantitative estimate of drug-likeness (QED) is 0.0314. The molecule has 18 heteroatoms. The van der Waals surface area contributed by atoms with E-state index in [-0.39, 0.29) is 76.9 Å². The van der Waals surface area contributed by atoms with Gasteiger partial charge in [0, 0.05) is 0 Å². The highest BCUT2D eigenvalue weighted by Crippen LogP contribution is 2.37. The molecule has 18 nitrogen and oxygen atoms in total. The Morgan fingerprint density at radius 2 is 0.444 bits per heavy atom. The van der Waals surface area contributed by atoms with Crippen molar-refractivity contribution >= 4 is 36.4 Å². The number of hydrogen-bond acceptors (Lipinski definition) is 18. The third-order valence-corrected chi connectivity index (χ3v) is 14.3. The molecule has 9 aromatic rings. The Hall–Kier alpha value is -10.9. The predicted octanol–water partition coefficient (Wildman–Crippen LogP) is 13.4. The van der Waals surface area contributed by atoms with Crippen molar-refractivity contribution in [1.82, 2.24) is 14.7 Å². The molecule has 0 saturated carbocycles. The first kappa shape index (κ1) is 62.1. The number of esters is 3. The molecule has 3 unspecified atom stereocenters. The maximum Gasteiger partial charge on any atom is 0.514 e. The second-order valence-electron chi connectivity index (χ2n) is 20.8. The van der Waals surface area contributed by atoms with Crippen LogP contribution in [0.5, 0.6) is 17.2 Å². The van der Waals surface area contributed by atoms with Crippen molar-refractivity contribution in [3.05, 3.63) is 305 Å². The first-order valence-corrected chi connectivity index (χ1v) is 28.9. The molecular formula is C72H63N3O15. The number of hydrogen-bond donors (Lipinski definition) is 0. The molecule has 1 saturated heterocycles. The normalized spacial score (nSPS) is 13.5. The molecule has 0 radical (unpaired) electrons. The highest BCUT2D eigenvalue weighted by atomic mass is 16.7. The van der Waals surface area contributed by atoms with E-state index in [0.29, 0.717) is 33.4 Å². The van der Waals surface area contributed by atoms with Crippen LogP contribution in [0.3, 0.4) is 0 Å². The van der Waals surface area contributed by atoms with Gasteiger partial charge in [0.15, 0.2) is 0 Å². The van der Waals surface area contributed by atoms with Crippen LogP contribution in [0, 0.1) is 0 Å². The second kappa shape index (κ2) is 31.6. The monoisotopic (exact) mass is 1210 g/mol. The fourth-order valence-corrected chi connectivity index (χ4v) is 9.92. The minimum atomic E-state index is -1.28. The van der Waals surface area contributed by atoms with Gasteiger partial charge in [-0.05, 0) is 86.5 Å². The van der Waals surface area contributed by atoms with E-state index in [4.69, 9.17) is 42.6 Å². The molecule has 1 aliphatic rings. The Balaban J connectivity index is 1.02. The number of carbonyl (C=O) groups excluding carboxylic acids is 6. The van der Waals surface area contributed by atoms with Gasteiger partial charge in [0.05, 0.1) is 20.0 Å². The smallest absolute Gasteiger partial charge is 0.459 e. The highest BCUT2D eigenvalue weighted by Gasteiger charge is 2.44. The van der Waals surface area contributed by atoms with Crippen LogP contribution < -0.4 is 14.2 Å². The first-order valence-electron chi connectivity index (χ1n) is 28.9. The van der Waals surface area contributed by atoms with E-state index >= 15 is 14.4 Å². The molecular weight excluding hydrogens is 1150 g/mol. The van der Waals surface area contributed by atoms with E-state index in [9.17, 15) is 14.4 Å². The Kier molecular flexibility index (Phi) is 21.8. The van der Waals surface area contributed by atoms with Crippen LogP contribution in [0.25, 0.3) is 0 Å². The van der Waals surface area contributed by atoms with Crippen molar-refractivity contribution in [2.24, 2.45) is 0 Å². The Morgan fingerprint density at radius 1 is 0.256 bits per heavy atom. The van der Waals surface area contributed by atoms with Gasteiger partial charge in [-0.15, -0.1) is 0 Å². The van der Waals surface area contributed by atoms with Crippen molar-refractivity contribution in [3.63, 3.8) is 0 Å². The van der Waals surface area contributed by atoms with Gasteiger partial charge >= 0.3 is 36.4 Å². The lowest BCUT2D eigenvalue weighted by Crippen LogP contribution is -2.60. The zero-order valence-corrected chi connectivity index (χ0v) is 48.8. The van der Waals surface area contributed by atoms with Gasteiger partial charge in [0.1, 0.15) is 75.0 Å². The average Bonchev–Trinajstić information content (AvgIpc) is 1.19. The summed E-state index contributed by atoms with van der Waals surface area (Å²) in [6.07, 6.45) is -2.85. The van der Waals surface area contributed by atoms with E-state index in [1.54, 1.807) is 51.1 Å². The number of benzene rings is 9. The SMILES string of the molecule is O=C(OCc1ccccc1)Oc1ccc(C(C(=O)OCc2ccccc2)N2CN(C(C(=O)OCc3ccccc3)c3ccc(OC(=O)OCc4ccccc4)cc3)CN(C(C(=O)OCc3ccccc3)c3ccc(OC(=O)OCc4ccccc4)cc3)C2)cc1. The fourth-order valence-electron chi connectivity index (χ4n) is 9.92. The van der Waals surface area contributed by atoms with Crippen LogP contribution in [0.2, 0.25) is 0 Å². The fraction of sp³-hybridized carbons (Fsp3) is 0.167. The highest BCUT2D eigenvalue weighted by molar-refractivity contribution is 5.80. The molecule has 1 aliphatic heterocycles. The first-order chi connectivity index (χ1) is 44.1. The van der Waals surface area contributed by atoms with E-state index < -0.39 is 54.5 Å². The molecule has 0 amide bonds. The van der Waals surface area contributed by atoms with Crippen molar-refractivity contribution < 1.29 is 71.4 Å². The zero-order valence-electron chi connectivity index (χ0n) is 48.8. The van der Waals surface area contributed by atoms with E-state index in [0.717, 1.165) is 16.7 Å². The maximum absolute atomic E-state index is 15.2. The minimum absolute atomic E-state index is 0.0277. The molecule has 0 aromatic heterocycles. The molecule has 9 aromatic carbocycles. The topological polar surface area (TPSA) is 195 Å². The number of rotatable bonds is 24. The van der Waals surface area contributed by atoms with Crippen LogP contribution >= 0.6 is 0 Å². The Morgan fingerprint density at radius 3 is 0.644 bits per heavy atom. The van der Waals surface area contributed by atoms with E-state index in [1.165, 1.54) is 36.4 Å². The minimum Gasteiger partial charge on any atom is -0.459 e. The summed E-state index contributed by atoms with van der Waals surface area (Å²) in [5.41, 5.74) is 5.55. The summed E-state index contributed by atoms with van der Waals surface area (Å²) in [7, 11) is 0. The van der Waals surface area contributed by atoms with Crippen molar-refractivity contribution in [2.75, 3.05) is 20.0 Å². The van der Waals surface area contributed by atoms with Crippen molar-refractivity contribution in [3.8, 4) is 17.2 Å². The molecule has 90 heavy (non-hydrogen) atoms. The largest absolute Gasteiger partial charge is 0.514 e. The summed E-state index contributed by atoms with van der Waals surface area (Å²) in [5.74, 6) is -1.76. The van der Waals surface area contributed by atoms with E-state index in [1.807, 2.05) is 182 Å². The Bertz CT molecular complexity index is 3360. The summed E-state index contributed by atoms with van der Waals surface area (Å²) < 4.78 is 51.4. The van der Waals surface area contributed by atoms with Crippen LogP contribution in [0.4, 0.5) is 14.4 Å². The van der Waals surface area contributed by atoms with E-state index in [2.05, 4.69) is 0 Å². The van der Waals surface area contributed by atoms with Gasteiger partial charge in [-0.1, -0.05) is 218 Å². The molecule has 0 bridgehead atoms. The van der Waals surface area contributed by atoms with Gasteiger partial charge in [-0.3, -0.25) is 14.7 Å². The molecule has 10 rings (SSSR count). The van der Waals surface area contributed by atoms with Crippen LogP contribution in [-0.2, 0) is 82.4 Å². The molecule has 0 N–H and O–H groups in total. The van der Waals surface area contributed by atoms with Crippen LogP contribution in [0.15, 0.2) is 255 Å². The molecule has 0 aliphatic carbocycles. The molecule has 0 spiro atoms. The number of carbonyl (C=O) groups is 6. The van der Waals surface area contributed by atoms with Crippen LogP contribution in [0.1, 0.15) is 68.2 Å². The standard InChI is InChI=1S/C72H63N3O15/c76-67(82-43-52-19-7-1-8-20-52)64(58-31-37-61(38-32-58)88-70(79)85-46-55-25-13-4-14-26-55)73-49-74(65(68(77)83-44-53-21-9-2-10-22-53)59-33-39-62(40-34-59)89-71(80)86-47-56-27-15-5-16-28-56)51-75(50-73)66(69(78)84-45-54-23-11-3-12-24-54)60-35-41-63(42-36-60)90-72(81)87-48-57-29-17-6-18-30-57/h1-42,64-66H,43-51H2. The third-order valence-electron chi connectivity index (χ3n) is 14.3. The van der Waals surface area contributed by atoms with Crippen LogP contribution in [-0.4, -0.2) is 71.1 Å². The lowest BCUT2D eigenvalue weighted by Gasteiger charge is -2.48. The van der Waals surface area contributed by atoms with Gasteiger partial charge in [-0.2, -0.15) is 0 Å². The number of nitrogens with zero attached hydrogens (tertiary/aromatic N) is 3. The zero-order chi connectivity index (χ0) is 62.3. The van der Waals surface area contributed by atoms with Gasteiger partial charge in [0.25, 0.3) is 0 Å². The molecule has 456 valence electrons. The maximum atomic E-state index is 15.2. The lowest BCUT2D eigenvalue weighted by atomic mass is 10.0. The summed E-state index contributed by atoms with van der Waals surface area (Å²) in [6.45, 7) is -0.870. The average molecular weight is 1210 g/mol. The van der Waals surface area contributed by atoms with Crippen molar-refractivity contribution in [1.29, 1.82) is 0 Å². The summed E-state index contributed by atoms with van der Waals surface area (Å²) in [4.78, 5) is 89.8. The van der Waals surface area contributed by atoms with Crippen molar-refractivity contribution in [2.45, 2.75) is 57.8 Å². The van der Waals surface area contributed by atoms with Gasteiger partial charge in [-0.25, -0.2) is 28.8 Å². The Labute approximate surface area is 520 Å². The number of ether oxygens (including phenoxy) is 9. The summed E-state index contributed by atoms with van der Waals surface area (Å²) in [5, 5.41) is 0. The second-order valence-corrected chi connectivity index (χ2v) is 20.8. The molecule has 1 fully saturated rings. The van der Waals surface area contributed by atoms with Gasteiger partial charge in [0.2, 0.25) is 0 Å². The lowest BCUT2D eigenvalue weighted by molar-refractivity contribution is -0.172. The third kappa shape index (κ3) is 18.1. The molecule has 3 atom stereocenters. The summed E-state index contributed by atoms with van der Waals surface area (Å²) in [6, 6.07) is 69.7. The molecule has 1 heterocycles. The van der Waals surface area contributed by atoms with Gasteiger partial charge < -0.3 is 42.6 Å². The summed E-state index contributed by atoms with van der Waals surface area (Å²) >= 11 is 0.